The highest BCUT2D eigenvalue weighted by Crippen LogP contribution is 2.24. The van der Waals surface area contributed by atoms with Crippen molar-refractivity contribution < 1.29 is 4.79 Å². The van der Waals surface area contributed by atoms with E-state index in [2.05, 4.69) is 20.9 Å². The summed E-state index contributed by atoms with van der Waals surface area (Å²) in [5, 5.41) is 0.592. The van der Waals surface area contributed by atoms with E-state index in [1.807, 2.05) is 25.1 Å². The monoisotopic (exact) mass is 352 g/mol. The van der Waals surface area contributed by atoms with E-state index in [1.54, 1.807) is 29.3 Å². The molecular formula is C15H14BrClN2O. The average Bonchev–Trinajstić information content (AvgIpc) is 2.48. The topological polar surface area (TPSA) is 33.2 Å². The molecule has 2 aromatic rings. The summed E-state index contributed by atoms with van der Waals surface area (Å²) in [6, 6.07) is 10.9. The van der Waals surface area contributed by atoms with E-state index in [-0.39, 0.29) is 5.91 Å². The molecule has 1 aromatic heterocycles. The number of carbonyl (C=O) groups excluding carboxylic acids is 1. The van der Waals surface area contributed by atoms with Gasteiger partial charge in [0.15, 0.2) is 0 Å². The zero-order valence-corrected chi connectivity index (χ0v) is 13.4. The van der Waals surface area contributed by atoms with Gasteiger partial charge in [-0.05, 0) is 53.2 Å². The highest BCUT2D eigenvalue weighted by Gasteiger charge is 2.15. The lowest BCUT2D eigenvalue weighted by molar-refractivity contribution is 0.0750. The molecule has 0 spiro atoms. The number of nitrogens with zero attached hydrogens (tertiary/aromatic N) is 2. The fourth-order valence-electron chi connectivity index (χ4n) is 1.83. The lowest BCUT2D eigenvalue weighted by Crippen LogP contribution is -2.30. The fraction of sp³-hybridized carbons (Fsp3) is 0.200. The van der Waals surface area contributed by atoms with Crippen LogP contribution in [0.5, 0.6) is 0 Å². The molecule has 0 N–H and O–H groups in total. The average molecular weight is 354 g/mol. The van der Waals surface area contributed by atoms with Gasteiger partial charge >= 0.3 is 0 Å². The summed E-state index contributed by atoms with van der Waals surface area (Å²) in [5.41, 5.74) is 1.48. The van der Waals surface area contributed by atoms with Crippen LogP contribution in [0.1, 0.15) is 23.0 Å². The molecule has 0 unspecified atom stereocenters. The first-order valence-electron chi connectivity index (χ1n) is 6.26. The predicted molar refractivity (Wildman–Crippen MR) is 83.8 cm³/mol. The van der Waals surface area contributed by atoms with Crippen LogP contribution in [0, 0.1) is 0 Å². The van der Waals surface area contributed by atoms with E-state index in [4.69, 9.17) is 11.6 Å². The normalized spacial score (nSPS) is 10.3. The molecule has 5 heteroatoms. The van der Waals surface area contributed by atoms with Crippen LogP contribution in [0.2, 0.25) is 5.02 Å². The molecule has 0 saturated heterocycles. The van der Waals surface area contributed by atoms with E-state index in [1.165, 1.54) is 0 Å². The van der Waals surface area contributed by atoms with Crippen molar-refractivity contribution in [3.63, 3.8) is 0 Å². The van der Waals surface area contributed by atoms with E-state index >= 15 is 0 Å². The maximum absolute atomic E-state index is 12.5. The zero-order valence-electron chi connectivity index (χ0n) is 11.0. The third-order valence-corrected chi connectivity index (χ3v) is 4.13. The van der Waals surface area contributed by atoms with Gasteiger partial charge in [0.2, 0.25) is 0 Å². The van der Waals surface area contributed by atoms with Crippen LogP contribution >= 0.6 is 27.5 Å². The van der Waals surface area contributed by atoms with Gasteiger partial charge in [0.05, 0.1) is 17.3 Å². The van der Waals surface area contributed by atoms with Gasteiger partial charge in [0, 0.05) is 22.8 Å². The van der Waals surface area contributed by atoms with Crippen molar-refractivity contribution in [2.75, 3.05) is 6.54 Å². The molecular weight excluding hydrogens is 340 g/mol. The summed E-state index contributed by atoms with van der Waals surface area (Å²) < 4.78 is 0.721. The van der Waals surface area contributed by atoms with Gasteiger partial charge in [0.25, 0.3) is 5.91 Å². The molecule has 0 fully saturated rings. The smallest absolute Gasteiger partial charge is 0.254 e. The number of halogens is 2. The number of aromatic nitrogens is 1. The Labute approximate surface area is 131 Å². The third kappa shape index (κ3) is 3.58. The van der Waals surface area contributed by atoms with Gasteiger partial charge in [-0.1, -0.05) is 17.7 Å². The van der Waals surface area contributed by atoms with Crippen molar-refractivity contribution in [1.82, 2.24) is 9.88 Å². The second-order valence-electron chi connectivity index (χ2n) is 4.27. The molecule has 0 bridgehead atoms. The van der Waals surface area contributed by atoms with Gasteiger partial charge < -0.3 is 4.90 Å². The summed E-state index contributed by atoms with van der Waals surface area (Å²) in [7, 11) is 0. The molecule has 104 valence electrons. The van der Waals surface area contributed by atoms with Crippen molar-refractivity contribution in [3.05, 3.63) is 63.3 Å². The maximum atomic E-state index is 12.5. The molecule has 3 nitrogen and oxygen atoms in total. The fourth-order valence-corrected chi connectivity index (χ4v) is 2.32. The molecule has 0 aliphatic heterocycles. The first-order chi connectivity index (χ1) is 9.61. The molecule has 0 atom stereocenters. The number of hydrogen-bond donors (Lipinski definition) is 0. The Morgan fingerprint density at radius 2 is 2.15 bits per heavy atom. The van der Waals surface area contributed by atoms with Crippen molar-refractivity contribution in [1.29, 1.82) is 0 Å². The first kappa shape index (κ1) is 15.0. The van der Waals surface area contributed by atoms with E-state index in [0.29, 0.717) is 23.7 Å². The zero-order chi connectivity index (χ0) is 14.5. The van der Waals surface area contributed by atoms with Crippen LogP contribution in [0.15, 0.2) is 47.1 Å². The van der Waals surface area contributed by atoms with Gasteiger partial charge in [-0.3, -0.25) is 9.78 Å². The van der Waals surface area contributed by atoms with Gasteiger partial charge in [-0.2, -0.15) is 0 Å². The minimum absolute atomic E-state index is 0.0319. The second kappa shape index (κ2) is 6.86. The van der Waals surface area contributed by atoms with Crippen LogP contribution in [-0.4, -0.2) is 22.3 Å². The minimum Gasteiger partial charge on any atom is -0.333 e. The second-order valence-corrected chi connectivity index (χ2v) is 5.53. The molecule has 0 radical (unpaired) electrons. The number of carbonyl (C=O) groups is 1. The van der Waals surface area contributed by atoms with Crippen LogP contribution in [0.3, 0.4) is 0 Å². The Morgan fingerprint density at radius 3 is 2.75 bits per heavy atom. The minimum atomic E-state index is -0.0319. The molecule has 0 aliphatic carbocycles. The molecule has 20 heavy (non-hydrogen) atoms. The third-order valence-electron chi connectivity index (χ3n) is 2.91. The summed E-state index contributed by atoms with van der Waals surface area (Å²) in [6.45, 7) is 3.07. The molecule has 1 heterocycles. The number of rotatable bonds is 4. The first-order valence-corrected chi connectivity index (χ1v) is 7.43. The molecule has 1 amide bonds. The molecule has 0 saturated carbocycles. The van der Waals surface area contributed by atoms with Gasteiger partial charge in [0.1, 0.15) is 0 Å². The lowest BCUT2D eigenvalue weighted by atomic mass is 10.2. The van der Waals surface area contributed by atoms with E-state index < -0.39 is 0 Å². The Balaban J connectivity index is 2.18. The van der Waals surface area contributed by atoms with Crippen LogP contribution in [0.4, 0.5) is 0 Å². The number of hydrogen-bond acceptors (Lipinski definition) is 2. The summed E-state index contributed by atoms with van der Waals surface area (Å²) in [6.07, 6.45) is 1.73. The van der Waals surface area contributed by atoms with Gasteiger partial charge in [-0.15, -0.1) is 0 Å². The Kier molecular flexibility index (Phi) is 5.15. The van der Waals surface area contributed by atoms with Crippen LogP contribution in [-0.2, 0) is 6.54 Å². The van der Waals surface area contributed by atoms with Gasteiger partial charge in [-0.25, -0.2) is 0 Å². The Bertz CT molecular complexity index is 604. The summed E-state index contributed by atoms with van der Waals surface area (Å²) >= 11 is 9.28. The molecule has 0 aliphatic rings. The largest absolute Gasteiger partial charge is 0.333 e. The van der Waals surface area contributed by atoms with E-state index in [0.717, 1.165) is 10.2 Å². The van der Waals surface area contributed by atoms with Crippen LogP contribution < -0.4 is 0 Å². The highest BCUT2D eigenvalue weighted by molar-refractivity contribution is 9.10. The number of amides is 1. The van der Waals surface area contributed by atoms with Crippen molar-refractivity contribution in [2.24, 2.45) is 0 Å². The Hall–Kier alpha value is -1.39. The molecule has 1 aromatic carbocycles. The van der Waals surface area contributed by atoms with Crippen molar-refractivity contribution >= 4 is 33.4 Å². The maximum Gasteiger partial charge on any atom is 0.254 e. The van der Waals surface area contributed by atoms with Crippen LogP contribution in [0.25, 0.3) is 0 Å². The number of pyridine rings is 1. The van der Waals surface area contributed by atoms with Crippen molar-refractivity contribution in [2.45, 2.75) is 13.5 Å². The molecule has 2 rings (SSSR count). The Morgan fingerprint density at radius 1 is 1.35 bits per heavy atom. The SMILES string of the molecule is CCN(Cc1ccccn1)C(=O)c1ccc(Cl)c(Br)c1. The quantitative estimate of drug-likeness (QED) is 0.827. The van der Waals surface area contributed by atoms with E-state index in [9.17, 15) is 4.79 Å². The standard InChI is InChI=1S/C15H14BrClN2O/c1-2-19(10-12-5-3-4-8-18-12)15(20)11-6-7-14(17)13(16)9-11/h3-9H,2,10H2,1H3. The predicted octanol–water partition coefficient (Wildman–Crippen LogP) is 4.16. The summed E-state index contributed by atoms with van der Waals surface area (Å²) in [5.74, 6) is -0.0319. The highest BCUT2D eigenvalue weighted by atomic mass is 79.9. The lowest BCUT2D eigenvalue weighted by Gasteiger charge is -2.20. The van der Waals surface area contributed by atoms with Crippen molar-refractivity contribution in [3.8, 4) is 0 Å². The summed E-state index contributed by atoms with van der Waals surface area (Å²) in [4.78, 5) is 18.5. The number of benzene rings is 1.